The van der Waals surface area contributed by atoms with E-state index in [1.165, 1.54) is 12.1 Å². The van der Waals surface area contributed by atoms with Crippen LogP contribution in [0.25, 0.3) is 0 Å². The molecule has 2 aliphatic carbocycles. The molecule has 2 fully saturated rings. The second-order valence-corrected chi connectivity index (χ2v) is 10.0. The molecule has 0 unspecified atom stereocenters. The van der Waals surface area contributed by atoms with E-state index in [2.05, 4.69) is 12.2 Å². The van der Waals surface area contributed by atoms with Crippen LogP contribution in [0.15, 0.2) is 42.5 Å². The lowest BCUT2D eigenvalue weighted by molar-refractivity contribution is -0.140. The molecule has 0 bridgehead atoms. The molecule has 0 heterocycles. The van der Waals surface area contributed by atoms with Crippen molar-refractivity contribution < 1.29 is 27.4 Å². The van der Waals surface area contributed by atoms with Gasteiger partial charge in [-0.25, -0.2) is 13.2 Å². The van der Waals surface area contributed by atoms with Gasteiger partial charge in [-0.05, 0) is 106 Å². The normalized spacial score (nSPS) is 24.6. The van der Waals surface area contributed by atoms with E-state index in [-0.39, 0.29) is 29.3 Å². The molecule has 0 aromatic heterocycles. The number of ether oxygens (including phenoxy) is 2. The van der Waals surface area contributed by atoms with Gasteiger partial charge < -0.3 is 9.47 Å². The predicted octanol–water partition coefficient (Wildman–Crippen LogP) is 8.23. The van der Waals surface area contributed by atoms with Crippen molar-refractivity contribution in [3.05, 3.63) is 71.1 Å². The molecule has 2 aromatic carbocycles. The van der Waals surface area contributed by atoms with Crippen LogP contribution >= 0.6 is 0 Å². The number of allylic oxidation sites excluding steroid dienone is 2. The molecule has 0 amide bonds. The van der Waals surface area contributed by atoms with Gasteiger partial charge in [0.2, 0.25) is 0 Å². The summed E-state index contributed by atoms with van der Waals surface area (Å²) in [6.07, 6.45) is 10.2. The highest BCUT2D eigenvalue weighted by molar-refractivity contribution is 5.75. The first-order valence-electron chi connectivity index (χ1n) is 13.2. The summed E-state index contributed by atoms with van der Waals surface area (Å²) in [6.45, 7) is 4.11. The molecule has 0 radical (unpaired) electrons. The van der Waals surface area contributed by atoms with Gasteiger partial charge in [-0.15, -0.1) is 0 Å². The summed E-state index contributed by atoms with van der Waals surface area (Å²) in [7, 11) is 0. The number of rotatable bonds is 7. The molecule has 0 aliphatic heterocycles. The third kappa shape index (κ3) is 5.96. The van der Waals surface area contributed by atoms with Crippen LogP contribution in [0, 0.1) is 29.3 Å². The third-order valence-electron chi connectivity index (χ3n) is 7.74. The third-order valence-corrected chi connectivity index (χ3v) is 7.74. The molecule has 0 atom stereocenters. The largest absolute Gasteiger partial charge is 0.491 e. The number of hydrogen-bond donors (Lipinski definition) is 0. The maximum atomic E-state index is 15.1. The summed E-state index contributed by atoms with van der Waals surface area (Å²) in [6, 6.07) is 7.60. The van der Waals surface area contributed by atoms with Crippen molar-refractivity contribution in [2.24, 2.45) is 11.8 Å². The van der Waals surface area contributed by atoms with E-state index in [0.29, 0.717) is 49.3 Å². The van der Waals surface area contributed by atoms with E-state index < -0.39 is 23.4 Å². The molecule has 194 valence electrons. The second-order valence-electron chi connectivity index (χ2n) is 10.0. The summed E-state index contributed by atoms with van der Waals surface area (Å²) in [5, 5.41) is 0. The molecule has 0 spiro atoms. The maximum absolute atomic E-state index is 15.1. The van der Waals surface area contributed by atoms with E-state index in [1.807, 2.05) is 6.92 Å². The Morgan fingerprint density at radius 3 is 2.00 bits per heavy atom. The minimum absolute atomic E-state index is 0.0630. The Morgan fingerprint density at radius 1 is 0.889 bits per heavy atom. The quantitative estimate of drug-likeness (QED) is 0.218. The fraction of sp³-hybridized carbons (Fsp3) is 0.500. The van der Waals surface area contributed by atoms with E-state index in [4.69, 9.17) is 9.47 Å². The molecule has 0 N–H and O–H groups in total. The van der Waals surface area contributed by atoms with Crippen LogP contribution in [0.2, 0.25) is 0 Å². The smallest absolute Gasteiger partial charge is 0.314 e. The number of benzene rings is 2. The molecule has 3 nitrogen and oxygen atoms in total. The van der Waals surface area contributed by atoms with Crippen LogP contribution in [0.5, 0.6) is 11.5 Å². The highest BCUT2D eigenvalue weighted by Gasteiger charge is 2.32. The Bertz CT molecular complexity index is 1080. The SMILES string of the molecule is CC=CC1CCC(c2ccc(C3CCC(C(=O)Oc4ccc(OCC)c(F)c4)CC3)c(F)c2F)CC1. The monoisotopic (exact) mass is 500 g/mol. The molecule has 2 aliphatic rings. The van der Waals surface area contributed by atoms with Gasteiger partial charge in [0.15, 0.2) is 23.2 Å². The number of halogens is 3. The lowest BCUT2D eigenvalue weighted by Crippen LogP contribution is -2.25. The predicted molar refractivity (Wildman–Crippen MR) is 134 cm³/mol. The van der Waals surface area contributed by atoms with Crippen LogP contribution in [0.4, 0.5) is 13.2 Å². The Kier molecular flexibility index (Phi) is 8.76. The van der Waals surface area contributed by atoms with Crippen molar-refractivity contribution in [2.45, 2.75) is 77.0 Å². The molecule has 0 saturated heterocycles. The standard InChI is InChI=1S/C30H35F3O3/c1-3-5-19-6-8-20(9-7-19)24-15-16-25(29(33)28(24)32)21-10-12-22(13-11-21)30(34)36-23-14-17-27(35-4-2)26(31)18-23/h3,5,14-22H,4,6-13H2,1-2H3. The van der Waals surface area contributed by atoms with Gasteiger partial charge >= 0.3 is 5.97 Å². The number of hydrogen-bond acceptors (Lipinski definition) is 3. The number of esters is 1. The zero-order valence-electron chi connectivity index (χ0n) is 21.1. The van der Waals surface area contributed by atoms with E-state index in [1.54, 1.807) is 19.1 Å². The van der Waals surface area contributed by atoms with Crippen LogP contribution in [0.1, 0.15) is 88.2 Å². The Morgan fingerprint density at radius 2 is 1.47 bits per heavy atom. The number of carbonyl (C=O) groups excluding carboxylic acids is 1. The van der Waals surface area contributed by atoms with Gasteiger partial charge in [0.25, 0.3) is 0 Å². The van der Waals surface area contributed by atoms with Gasteiger partial charge in [-0.2, -0.15) is 0 Å². The highest BCUT2D eigenvalue weighted by atomic mass is 19.2. The summed E-state index contributed by atoms with van der Waals surface area (Å²) >= 11 is 0. The lowest BCUT2D eigenvalue weighted by atomic mass is 9.76. The minimum Gasteiger partial charge on any atom is -0.491 e. The lowest BCUT2D eigenvalue weighted by Gasteiger charge is -2.30. The van der Waals surface area contributed by atoms with Gasteiger partial charge in [0, 0.05) is 6.07 Å². The summed E-state index contributed by atoms with van der Waals surface area (Å²) in [4.78, 5) is 12.6. The number of carbonyl (C=O) groups is 1. The van der Waals surface area contributed by atoms with Crippen molar-refractivity contribution in [2.75, 3.05) is 6.61 Å². The van der Waals surface area contributed by atoms with Crippen LogP contribution < -0.4 is 9.47 Å². The Hall–Kier alpha value is -2.76. The van der Waals surface area contributed by atoms with Crippen molar-refractivity contribution in [1.29, 1.82) is 0 Å². The van der Waals surface area contributed by atoms with Gasteiger partial charge in [-0.1, -0.05) is 24.3 Å². The first-order valence-corrected chi connectivity index (χ1v) is 13.2. The van der Waals surface area contributed by atoms with Gasteiger partial charge in [-0.3, -0.25) is 4.79 Å². The summed E-state index contributed by atoms with van der Waals surface area (Å²) in [5.74, 6) is -2.10. The molecular formula is C30H35F3O3. The van der Waals surface area contributed by atoms with Crippen molar-refractivity contribution in [3.63, 3.8) is 0 Å². The minimum atomic E-state index is -0.737. The molecule has 2 aromatic rings. The fourth-order valence-corrected chi connectivity index (χ4v) is 5.76. The summed E-state index contributed by atoms with van der Waals surface area (Å²) in [5.41, 5.74) is 0.897. The Labute approximate surface area is 211 Å². The first kappa shape index (κ1) is 26.3. The summed E-state index contributed by atoms with van der Waals surface area (Å²) < 4.78 is 54.8. The molecular weight excluding hydrogens is 465 g/mol. The average Bonchev–Trinajstić information content (AvgIpc) is 2.88. The average molecular weight is 501 g/mol. The van der Waals surface area contributed by atoms with Crippen molar-refractivity contribution in [3.8, 4) is 11.5 Å². The van der Waals surface area contributed by atoms with E-state index in [0.717, 1.165) is 31.7 Å². The Balaban J connectivity index is 1.34. The van der Waals surface area contributed by atoms with Gasteiger partial charge in [0.05, 0.1) is 12.5 Å². The van der Waals surface area contributed by atoms with Crippen LogP contribution in [0.3, 0.4) is 0 Å². The first-order chi connectivity index (χ1) is 17.4. The molecule has 4 rings (SSSR count). The zero-order chi connectivity index (χ0) is 25.7. The second kappa shape index (κ2) is 12.0. The van der Waals surface area contributed by atoms with Crippen LogP contribution in [-0.2, 0) is 4.79 Å². The van der Waals surface area contributed by atoms with Gasteiger partial charge in [0.1, 0.15) is 5.75 Å². The maximum Gasteiger partial charge on any atom is 0.314 e. The van der Waals surface area contributed by atoms with E-state index in [9.17, 15) is 9.18 Å². The van der Waals surface area contributed by atoms with Crippen molar-refractivity contribution >= 4 is 5.97 Å². The molecule has 2 saturated carbocycles. The zero-order valence-corrected chi connectivity index (χ0v) is 21.1. The molecule has 36 heavy (non-hydrogen) atoms. The highest BCUT2D eigenvalue weighted by Crippen LogP contribution is 2.42. The van der Waals surface area contributed by atoms with Crippen molar-refractivity contribution in [1.82, 2.24) is 0 Å². The van der Waals surface area contributed by atoms with E-state index >= 15 is 8.78 Å². The fourth-order valence-electron chi connectivity index (χ4n) is 5.76. The topological polar surface area (TPSA) is 35.5 Å². The van der Waals surface area contributed by atoms with Crippen LogP contribution in [-0.4, -0.2) is 12.6 Å². The molecule has 6 heteroatoms.